The number of ether oxygens (including phenoxy) is 1. The van der Waals surface area contributed by atoms with Gasteiger partial charge in [0.15, 0.2) is 15.3 Å². The van der Waals surface area contributed by atoms with Crippen LogP contribution in [0.1, 0.15) is 31.1 Å². The summed E-state index contributed by atoms with van der Waals surface area (Å²) in [6.07, 6.45) is 0. The van der Waals surface area contributed by atoms with Crippen molar-refractivity contribution in [1.82, 2.24) is 0 Å². The molecule has 0 spiro atoms. The third kappa shape index (κ3) is 6.81. The minimum absolute atomic E-state index is 0.156. The second kappa shape index (κ2) is 9.25. The van der Waals surface area contributed by atoms with Crippen molar-refractivity contribution in [2.75, 3.05) is 24.7 Å². The number of ketones is 1. The van der Waals surface area contributed by atoms with Crippen LogP contribution >= 0.6 is 0 Å². The van der Waals surface area contributed by atoms with Gasteiger partial charge in [0, 0.05) is 21.9 Å². The van der Waals surface area contributed by atoms with E-state index in [1.807, 2.05) is 20.8 Å². The average molecular weight is 506 g/mol. The zero-order valence-corrected chi connectivity index (χ0v) is 19.3. The summed E-state index contributed by atoms with van der Waals surface area (Å²) >= 11 is 0. The SMILES string of the molecule is CC(C)(C)C(C(=O)c1ccc(OS(=O)(=O)[N-]S(=O)(=O)C(F)(F)F)cc1)[S+]1CCOCC1. The standard InChI is InChI=1S/C17H22F3NO7S3/c1-16(2,3)15(29-10-8-27-9-11-29)14(22)12-4-6-13(7-5-12)28-31(25,26)21-30(23,24)17(18,19)20/h4-7,15H,8-11H2,1-3H3. The van der Waals surface area contributed by atoms with Crippen LogP contribution in [0.2, 0.25) is 0 Å². The van der Waals surface area contributed by atoms with E-state index in [-0.39, 0.29) is 32.9 Å². The molecule has 1 atom stereocenters. The summed E-state index contributed by atoms with van der Waals surface area (Å²) in [5.41, 5.74) is -5.96. The van der Waals surface area contributed by atoms with E-state index in [0.29, 0.717) is 13.2 Å². The Kier molecular flexibility index (Phi) is 7.73. The molecule has 0 aliphatic carbocycles. The fraction of sp³-hybridized carbons (Fsp3) is 0.588. The number of Topliss-reactive ketones (excluding diaryl/α,β-unsaturated/α-hetero) is 1. The molecule has 1 aromatic carbocycles. The molecule has 0 amide bonds. The summed E-state index contributed by atoms with van der Waals surface area (Å²) in [7, 11) is -11.9. The first kappa shape index (κ1) is 25.9. The van der Waals surface area contributed by atoms with E-state index in [1.165, 1.54) is 12.1 Å². The molecule has 0 aromatic heterocycles. The monoisotopic (exact) mass is 505 g/mol. The Morgan fingerprint density at radius 2 is 1.58 bits per heavy atom. The molecule has 0 bridgehead atoms. The van der Waals surface area contributed by atoms with E-state index < -0.39 is 31.6 Å². The second-order valence-electron chi connectivity index (χ2n) is 7.70. The fourth-order valence-electron chi connectivity index (χ4n) is 2.94. The molecule has 1 fully saturated rings. The zero-order chi connectivity index (χ0) is 23.7. The fourth-order valence-corrected chi connectivity index (χ4v) is 7.50. The van der Waals surface area contributed by atoms with Crippen molar-refractivity contribution in [2.24, 2.45) is 5.41 Å². The summed E-state index contributed by atoms with van der Waals surface area (Å²) < 4.78 is 93.5. The van der Waals surface area contributed by atoms with E-state index in [9.17, 15) is 34.8 Å². The molecule has 1 saturated heterocycles. The minimum atomic E-state index is -6.29. The van der Waals surface area contributed by atoms with Gasteiger partial charge in [-0.2, -0.15) is 13.2 Å². The van der Waals surface area contributed by atoms with Crippen LogP contribution in [0.4, 0.5) is 13.2 Å². The largest absolute Gasteiger partial charge is 0.480 e. The maximum Gasteiger partial charge on any atom is 0.480 e. The Balaban J connectivity index is 2.19. The number of hydrogen-bond donors (Lipinski definition) is 0. The highest BCUT2D eigenvalue weighted by Gasteiger charge is 2.46. The van der Waals surface area contributed by atoms with Crippen LogP contribution in [0.25, 0.3) is 4.13 Å². The number of carbonyl (C=O) groups is 1. The van der Waals surface area contributed by atoms with Gasteiger partial charge in [-0.15, -0.1) is 0 Å². The Bertz CT molecular complexity index is 995. The summed E-state index contributed by atoms with van der Waals surface area (Å²) in [4.78, 5) is 13.2. The zero-order valence-electron chi connectivity index (χ0n) is 16.9. The predicted octanol–water partition coefficient (Wildman–Crippen LogP) is 2.78. The van der Waals surface area contributed by atoms with E-state index in [1.54, 1.807) is 4.13 Å². The van der Waals surface area contributed by atoms with Gasteiger partial charge in [0.1, 0.15) is 17.3 Å². The Hall–Kier alpha value is -1.35. The molecule has 1 unspecified atom stereocenters. The van der Waals surface area contributed by atoms with Gasteiger partial charge in [-0.25, -0.2) is 16.8 Å². The van der Waals surface area contributed by atoms with E-state index in [2.05, 4.69) is 4.18 Å². The molecule has 14 heteroatoms. The minimum Gasteiger partial charge on any atom is -0.395 e. The van der Waals surface area contributed by atoms with Crippen LogP contribution in [0.3, 0.4) is 0 Å². The summed E-state index contributed by atoms with van der Waals surface area (Å²) in [5, 5.41) is -0.307. The van der Waals surface area contributed by atoms with Crippen LogP contribution in [0.15, 0.2) is 24.3 Å². The van der Waals surface area contributed by atoms with Crippen molar-refractivity contribution in [3.05, 3.63) is 34.0 Å². The normalized spacial score (nSPS) is 17.9. The lowest BCUT2D eigenvalue weighted by Crippen LogP contribution is -2.47. The second-order valence-corrected chi connectivity index (χ2v) is 13.1. The maximum absolute atomic E-state index is 13.2. The van der Waals surface area contributed by atoms with Gasteiger partial charge in [-0.3, -0.25) is 4.79 Å². The van der Waals surface area contributed by atoms with Crippen molar-refractivity contribution < 1.29 is 43.7 Å². The highest BCUT2D eigenvalue weighted by Crippen LogP contribution is 2.33. The van der Waals surface area contributed by atoms with E-state index in [4.69, 9.17) is 4.74 Å². The Labute approximate surface area is 182 Å². The highest BCUT2D eigenvalue weighted by atomic mass is 32.3. The summed E-state index contributed by atoms with van der Waals surface area (Å²) in [6, 6.07) is 4.64. The van der Waals surface area contributed by atoms with Gasteiger partial charge in [0.2, 0.25) is 16.1 Å². The van der Waals surface area contributed by atoms with Gasteiger partial charge < -0.3 is 13.0 Å². The van der Waals surface area contributed by atoms with Crippen molar-refractivity contribution in [1.29, 1.82) is 0 Å². The smallest absolute Gasteiger partial charge is 0.395 e. The predicted molar refractivity (Wildman–Crippen MR) is 110 cm³/mol. The molecule has 8 nitrogen and oxygen atoms in total. The Morgan fingerprint density at radius 1 is 1.06 bits per heavy atom. The number of sulfonamides is 1. The van der Waals surface area contributed by atoms with E-state index >= 15 is 0 Å². The number of carbonyl (C=O) groups excluding carboxylic acids is 1. The number of nitrogens with zero attached hydrogens (tertiary/aromatic N) is 1. The number of benzene rings is 1. The molecule has 0 N–H and O–H groups in total. The number of hydrogen-bond acceptors (Lipinski definition) is 7. The van der Waals surface area contributed by atoms with E-state index in [0.717, 1.165) is 23.6 Å². The first-order chi connectivity index (χ1) is 14.0. The van der Waals surface area contributed by atoms with Crippen LogP contribution in [0, 0.1) is 5.41 Å². The molecular weight excluding hydrogens is 483 g/mol. The molecule has 0 saturated carbocycles. The number of alkyl halides is 3. The van der Waals surface area contributed by atoms with Gasteiger partial charge in [-0.05, 0) is 24.3 Å². The van der Waals surface area contributed by atoms with Crippen LogP contribution in [0.5, 0.6) is 5.75 Å². The van der Waals surface area contributed by atoms with Crippen molar-refractivity contribution in [3.63, 3.8) is 0 Å². The maximum atomic E-state index is 13.2. The number of rotatable bonds is 7. The number of halogens is 3. The van der Waals surface area contributed by atoms with Crippen molar-refractivity contribution in [3.8, 4) is 5.75 Å². The molecule has 1 heterocycles. The van der Waals surface area contributed by atoms with Gasteiger partial charge >= 0.3 is 5.51 Å². The molecule has 31 heavy (non-hydrogen) atoms. The van der Waals surface area contributed by atoms with Crippen molar-refractivity contribution in [2.45, 2.75) is 31.5 Å². The lowest BCUT2D eigenvalue weighted by atomic mass is 9.87. The molecular formula is C17H22F3NO7S3. The molecule has 0 radical (unpaired) electrons. The Morgan fingerprint density at radius 3 is 2.03 bits per heavy atom. The highest BCUT2D eigenvalue weighted by molar-refractivity contribution is 8.10. The molecule has 176 valence electrons. The topological polar surface area (TPSA) is 118 Å². The average Bonchev–Trinajstić information content (AvgIpc) is 2.59. The van der Waals surface area contributed by atoms with Crippen molar-refractivity contribution >= 4 is 37.0 Å². The first-order valence-corrected chi connectivity index (χ1v) is 13.3. The molecule has 1 aliphatic rings. The van der Waals surface area contributed by atoms with Gasteiger partial charge in [0.25, 0.3) is 0 Å². The lowest BCUT2D eigenvalue weighted by Gasteiger charge is -2.31. The molecule has 1 aliphatic heterocycles. The molecule has 2 rings (SSSR count). The third-order valence-corrected chi connectivity index (χ3v) is 9.63. The quantitative estimate of drug-likeness (QED) is 0.413. The van der Waals surface area contributed by atoms with Crippen LogP contribution in [-0.2, 0) is 36.0 Å². The summed E-state index contributed by atoms with van der Waals surface area (Å²) in [5.74, 6) is 0.861. The summed E-state index contributed by atoms with van der Waals surface area (Å²) in [6.45, 7) is 6.98. The van der Waals surface area contributed by atoms with Crippen LogP contribution in [-0.4, -0.2) is 58.1 Å². The first-order valence-electron chi connectivity index (χ1n) is 8.92. The van der Waals surface area contributed by atoms with Crippen LogP contribution < -0.4 is 4.18 Å². The molecule has 1 aromatic rings. The van der Waals surface area contributed by atoms with Gasteiger partial charge in [0.05, 0.1) is 13.2 Å². The third-order valence-electron chi connectivity index (χ3n) is 4.16. The lowest BCUT2D eigenvalue weighted by molar-refractivity contribution is -0.0425. The van der Waals surface area contributed by atoms with Gasteiger partial charge in [-0.1, -0.05) is 20.8 Å².